The Morgan fingerprint density at radius 3 is 2.93 bits per heavy atom. The average Bonchev–Trinajstić information content (AvgIpc) is 2.10. The molecule has 1 unspecified atom stereocenters. The monoisotopic (exact) mass is 258 g/mol. The number of hydrogen-bond donors (Lipinski definition) is 1. The van der Waals surface area contributed by atoms with Gasteiger partial charge in [-0.15, -0.1) is 0 Å². The lowest BCUT2D eigenvalue weighted by atomic mass is 10.3. The molecule has 1 heterocycles. The lowest BCUT2D eigenvalue weighted by molar-refractivity contribution is 0.210. The van der Waals surface area contributed by atoms with Gasteiger partial charge in [-0.2, -0.15) is 0 Å². The molecule has 0 spiro atoms. The molecule has 4 heteroatoms. The largest absolute Gasteiger partial charge is 0.473 e. The summed E-state index contributed by atoms with van der Waals surface area (Å²) < 4.78 is 6.62. The first kappa shape index (κ1) is 11.5. The van der Waals surface area contributed by atoms with Crippen molar-refractivity contribution in [3.63, 3.8) is 0 Å². The van der Waals surface area contributed by atoms with Crippen molar-refractivity contribution in [1.82, 2.24) is 10.3 Å². The molecule has 0 aromatic carbocycles. The molecule has 0 aliphatic carbocycles. The summed E-state index contributed by atoms with van der Waals surface area (Å²) in [5, 5.41) is 3.06. The number of aromatic nitrogens is 1. The lowest BCUT2D eigenvalue weighted by Gasteiger charge is -2.14. The predicted molar refractivity (Wildman–Crippen MR) is 60.7 cm³/mol. The third-order valence-electron chi connectivity index (χ3n) is 1.80. The molecule has 3 nitrogen and oxygen atoms in total. The fourth-order valence-electron chi connectivity index (χ4n) is 1.17. The predicted octanol–water partition coefficient (Wildman–Crippen LogP) is 2.14. The van der Waals surface area contributed by atoms with Crippen molar-refractivity contribution in [2.45, 2.75) is 20.0 Å². The van der Waals surface area contributed by atoms with Gasteiger partial charge in [-0.1, -0.05) is 0 Å². The smallest absolute Gasteiger partial charge is 0.216 e. The molecule has 1 N–H and O–H groups in total. The minimum Gasteiger partial charge on any atom is -0.473 e. The van der Waals surface area contributed by atoms with Crippen molar-refractivity contribution in [3.05, 3.63) is 22.3 Å². The number of aryl methyl sites for hydroxylation is 1. The second kappa shape index (κ2) is 5.32. The van der Waals surface area contributed by atoms with E-state index in [0.29, 0.717) is 5.88 Å². The maximum atomic E-state index is 5.65. The quantitative estimate of drug-likeness (QED) is 0.899. The van der Waals surface area contributed by atoms with Gasteiger partial charge in [-0.25, -0.2) is 4.98 Å². The molecule has 0 aliphatic heterocycles. The standard InChI is InChI=1S/C10H15BrN2O/c1-7-4-9(11)6-13-10(7)14-8(2)5-12-3/h4,6,8,12H,5H2,1-3H3. The van der Waals surface area contributed by atoms with Crippen LogP contribution in [0.1, 0.15) is 12.5 Å². The first-order valence-electron chi connectivity index (χ1n) is 4.57. The zero-order chi connectivity index (χ0) is 10.6. The van der Waals surface area contributed by atoms with Gasteiger partial charge in [0.05, 0.1) is 0 Å². The first-order chi connectivity index (χ1) is 6.63. The molecule has 1 aromatic heterocycles. The van der Waals surface area contributed by atoms with Crippen LogP contribution in [0.15, 0.2) is 16.7 Å². The number of likely N-dealkylation sites (N-methyl/N-ethyl adjacent to an activating group) is 1. The van der Waals surface area contributed by atoms with E-state index in [1.54, 1.807) is 6.20 Å². The lowest BCUT2D eigenvalue weighted by Crippen LogP contribution is -2.26. The van der Waals surface area contributed by atoms with Crippen LogP contribution in [-0.2, 0) is 0 Å². The van der Waals surface area contributed by atoms with E-state index in [1.165, 1.54) is 0 Å². The Balaban J connectivity index is 2.67. The summed E-state index contributed by atoms with van der Waals surface area (Å²) in [7, 11) is 1.90. The number of pyridine rings is 1. The molecule has 0 saturated heterocycles. The molecular formula is C10H15BrN2O. The number of ether oxygens (including phenoxy) is 1. The second-order valence-electron chi connectivity index (χ2n) is 3.26. The van der Waals surface area contributed by atoms with Gasteiger partial charge in [0.1, 0.15) is 6.10 Å². The van der Waals surface area contributed by atoms with E-state index in [2.05, 4.69) is 26.2 Å². The Labute approximate surface area is 93.0 Å². The second-order valence-corrected chi connectivity index (χ2v) is 4.18. The summed E-state index contributed by atoms with van der Waals surface area (Å²) >= 11 is 3.36. The Hall–Kier alpha value is -0.610. The van der Waals surface area contributed by atoms with Crippen molar-refractivity contribution in [3.8, 4) is 5.88 Å². The van der Waals surface area contributed by atoms with Crippen molar-refractivity contribution < 1.29 is 4.74 Å². The van der Waals surface area contributed by atoms with Gasteiger partial charge >= 0.3 is 0 Å². The summed E-state index contributed by atoms with van der Waals surface area (Å²) in [6, 6.07) is 1.99. The van der Waals surface area contributed by atoms with Crippen LogP contribution in [0, 0.1) is 6.92 Å². The number of nitrogens with zero attached hydrogens (tertiary/aromatic N) is 1. The topological polar surface area (TPSA) is 34.1 Å². The van der Waals surface area contributed by atoms with E-state index in [-0.39, 0.29) is 6.10 Å². The SMILES string of the molecule is CNCC(C)Oc1ncc(Br)cc1C. The fourth-order valence-corrected chi connectivity index (χ4v) is 1.62. The van der Waals surface area contributed by atoms with Crippen LogP contribution in [0.2, 0.25) is 0 Å². The normalized spacial score (nSPS) is 12.6. The Kier molecular flexibility index (Phi) is 4.35. The van der Waals surface area contributed by atoms with Gasteiger partial charge in [0, 0.05) is 22.8 Å². The van der Waals surface area contributed by atoms with Gasteiger partial charge < -0.3 is 10.1 Å². The highest BCUT2D eigenvalue weighted by Gasteiger charge is 2.06. The Bertz CT molecular complexity index is 304. The highest BCUT2D eigenvalue weighted by molar-refractivity contribution is 9.10. The molecule has 0 bridgehead atoms. The zero-order valence-corrected chi connectivity index (χ0v) is 10.3. The van der Waals surface area contributed by atoms with Crippen LogP contribution in [0.5, 0.6) is 5.88 Å². The fraction of sp³-hybridized carbons (Fsp3) is 0.500. The maximum Gasteiger partial charge on any atom is 0.216 e. The van der Waals surface area contributed by atoms with Crippen molar-refractivity contribution in [2.24, 2.45) is 0 Å². The third-order valence-corrected chi connectivity index (χ3v) is 2.23. The summed E-state index contributed by atoms with van der Waals surface area (Å²) in [5.41, 5.74) is 1.04. The summed E-state index contributed by atoms with van der Waals surface area (Å²) in [5.74, 6) is 0.705. The Morgan fingerprint density at radius 2 is 2.36 bits per heavy atom. The maximum absolute atomic E-state index is 5.65. The number of hydrogen-bond acceptors (Lipinski definition) is 3. The van der Waals surface area contributed by atoms with Crippen LogP contribution < -0.4 is 10.1 Å². The third kappa shape index (κ3) is 3.27. The van der Waals surface area contributed by atoms with Crippen LogP contribution in [-0.4, -0.2) is 24.7 Å². The molecule has 0 fully saturated rings. The number of halogens is 1. The van der Waals surface area contributed by atoms with Crippen LogP contribution in [0.25, 0.3) is 0 Å². The van der Waals surface area contributed by atoms with Crippen molar-refractivity contribution >= 4 is 15.9 Å². The molecule has 78 valence electrons. The molecule has 1 rings (SSSR count). The van der Waals surface area contributed by atoms with E-state index in [9.17, 15) is 0 Å². The van der Waals surface area contributed by atoms with E-state index in [4.69, 9.17) is 4.74 Å². The van der Waals surface area contributed by atoms with E-state index in [0.717, 1.165) is 16.6 Å². The van der Waals surface area contributed by atoms with E-state index >= 15 is 0 Å². The minimum absolute atomic E-state index is 0.132. The van der Waals surface area contributed by atoms with Gasteiger partial charge in [0.2, 0.25) is 5.88 Å². The number of nitrogens with one attached hydrogen (secondary N) is 1. The Morgan fingerprint density at radius 1 is 1.64 bits per heavy atom. The zero-order valence-electron chi connectivity index (χ0n) is 8.67. The van der Waals surface area contributed by atoms with Crippen LogP contribution in [0.4, 0.5) is 0 Å². The first-order valence-corrected chi connectivity index (χ1v) is 5.36. The molecule has 0 aliphatic rings. The average molecular weight is 259 g/mol. The molecule has 0 amide bonds. The highest BCUT2D eigenvalue weighted by Crippen LogP contribution is 2.19. The number of rotatable bonds is 4. The van der Waals surface area contributed by atoms with Gasteiger partial charge in [0.25, 0.3) is 0 Å². The van der Waals surface area contributed by atoms with Gasteiger partial charge in [-0.3, -0.25) is 0 Å². The molecular weight excluding hydrogens is 244 g/mol. The van der Waals surface area contributed by atoms with Crippen LogP contribution >= 0.6 is 15.9 Å². The molecule has 14 heavy (non-hydrogen) atoms. The summed E-state index contributed by atoms with van der Waals surface area (Å²) in [6.45, 7) is 4.82. The van der Waals surface area contributed by atoms with Crippen molar-refractivity contribution in [2.75, 3.05) is 13.6 Å². The van der Waals surface area contributed by atoms with E-state index in [1.807, 2.05) is 27.0 Å². The molecule has 1 aromatic rings. The van der Waals surface area contributed by atoms with Gasteiger partial charge in [-0.05, 0) is 42.9 Å². The molecule has 1 atom stereocenters. The summed E-state index contributed by atoms with van der Waals surface area (Å²) in [6.07, 6.45) is 1.88. The van der Waals surface area contributed by atoms with E-state index < -0.39 is 0 Å². The molecule has 0 radical (unpaired) electrons. The van der Waals surface area contributed by atoms with Gasteiger partial charge in [0.15, 0.2) is 0 Å². The highest BCUT2D eigenvalue weighted by atomic mass is 79.9. The van der Waals surface area contributed by atoms with Crippen molar-refractivity contribution in [1.29, 1.82) is 0 Å². The minimum atomic E-state index is 0.132. The summed E-state index contributed by atoms with van der Waals surface area (Å²) in [4.78, 5) is 4.20. The molecule has 0 saturated carbocycles. The van der Waals surface area contributed by atoms with Crippen LogP contribution in [0.3, 0.4) is 0 Å².